The van der Waals surface area contributed by atoms with Crippen LogP contribution in [0.5, 0.6) is 0 Å². The van der Waals surface area contributed by atoms with E-state index in [-0.39, 0.29) is 6.42 Å². The molecular formula is C24H21ClN4O2S. The molecule has 0 saturated carbocycles. The van der Waals surface area contributed by atoms with Crippen molar-refractivity contribution in [1.29, 1.82) is 0 Å². The Kier molecular flexibility index (Phi) is 5.95. The first-order chi connectivity index (χ1) is 15.3. The van der Waals surface area contributed by atoms with Crippen LogP contribution in [0.2, 0.25) is 5.02 Å². The van der Waals surface area contributed by atoms with Crippen molar-refractivity contribution in [2.75, 3.05) is 7.05 Å². The highest BCUT2D eigenvalue weighted by Gasteiger charge is 2.21. The molecule has 0 spiro atoms. The molecule has 0 atom stereocenters. The van der Waals surface area contributed by atoms with Crippen molar-refractivity contribution in [3.8, 4) is 11.1 Å². The van der Waals surface area contributed by atoms with Crippen molar-refractivity contribution in [3.63, 3.8) is 0 Å². The number of carboxylic acids is 1. The van der Waals surface area contributed by atoms with Gasteiger partial charge in [0.05, 0.1) is 34.2 Å². The zero-order valence-corrected chi connectivity index (χ0v) is 19.5. The van der Waals surface area contributed by atoms with Crippen molar-refractivity contribution in [2.45, 2.75) is 20.3 Å². The Bertz CT molecular complexity index is 1340. The minimum atomic E-state index is -0.879. The maximum Gasteiger partial charge on any atom is 0.307 e. The lowest BCUT2D eigenvalue weighted by molar-refractivity contribution is -0.136. The van der Waals surface area contributed by atoms with Crippen LogP contribution in [0.3, 0.4) is 0 Å². The van der Waals surface area contributed by atoms with Crippen molar-refractivity contribution in [2.24, 2.45) is 10.1 Å². The number of hydrogen-bond acceptors (Lipinski definition) is 6. The Morgan fingerprint density at radius 2 is 2.06 bits per heavy atom. The highest BCUT2D eigenvalue weighted by molar-refractivity contribution is 7.20. The molecular weight excluding hydrogens is 444 g/mol. The number of aromatic nitrogens is 1. The predicted molar refractivity (Wildman–Crippen MR) is 133 cm³/mol. The normalized spacial score (nSPS) is 15.4. The Morgan fingerprint density at radius 3 is 2.66 bits per heavy atom. The molecule has 0 unspecified atom stereocenters. The van der Waals surface area contributed by atoms with E-state index < -0.39 is 5.97 Å². The second-order valence-corrected chi connectivity index (χ2v) is 8.81. The fourth-order valence-electron chi connectivity index (χ4n) is 3.56. The Hall–Kier alpha value is -3.29. The summed E-state index contributed by atoms with van der Waals surface area (Å²) in [5, 5.41) is 16.8. The number of carbonyl (C=O) groups is 1. The summed E-state index contributed by atoms with van der Waals surface area (Å²) in [6.45, 7) is 7.84. The third kappa shape index (κ3) is 4.09. The molecule has 6 nitrogen and oxygen atoms in total. The molecule has 0 bridgehead atoms. The monoisotopic (exact) mass is 464 g/mol. The fraction of sp³-hybridized carbons (Fsp3) is 0.167. The van der Waals surface area contributed by atoms with Gasteiger partial charge in [0.2, 0.25) is 0 Å². The summed E-state index contributed by atoms with van der Waals surface area (Å²) in [5.41, 5.74) is 6.34. The summed E-state index contributed by atoms with van der Waals surface area (Å²) < 4.78 is 0.916. The van der Waals surface area contributed by atoms with Gasteiger partial charge in [-0.2, -0.15) is 5.10 Å². The molecule has 8 heteroatoms. The average molecular weight is 465 g/mol. The molecule has 32 heavy (non-hydrogen) atoms. The highest BCUT2D eigenvalue weighted by Crippen LogP contribution is 2.40. The number of carboxylic acid groups (broad SMARTS) is 1. The number of nitrogens with zero attached hydrogens (tertiary/aromatic N) is 4. The van der Waals surface area contributed by atoms with Gasteiger partial charge in [0.1, 0.15) is 10.7 Å². The fourth-order valence-corrected chi connectivity index (χ4v) is 4.84. The summed E-state index contributed by atoms with van der Waals surface area (Å²) in [6, 6.07) is 9.38. The molecule has 1 aliphatic rings. The summed E-state index contributed by atoms with van der Waals surface area (Å²) in [7, 11) is 1.82. The van der Waals surface area contributed by atoms with E-state index in [9.17, 15) is 9.90 Å². The molecule has 0 aliphatic carbocycles. The zero-order chi connectivity index (χ0) is 23.0. The van der Waals surface area contributed by atoms with E-state index in [1.54, 1.807) is 11.2 Å². The standard InChI is InChI=1S/C24H21ClN4O2S/c1-5-18(27-20-12-26-29(4)14(20)3)24-28-19-10-13(2)17(11-21(30)31)22(23(19)32-24)15-6-8-16(25)9-7-15/h5-10,12H,3,11H2,1-2,4H3,(H,30,31)/b18-5-,27-20-. The molecule has 1 aliphatic heterocycles. The van der Waals surface area contributed by atoms with Crippen molar-refractivity contribution >= 4 is 56.7 Å². The molecule has 0 fully saturated rings. The number of fused-ring (bicyclic) bond motifs is 1. The van der Waals surface area contributed by atoms with Crippen LogP contribution in [0.4, 0.5) is 0 Å². The lowest BCUT2D eigenvalue weighted by Gasteiger charge is -2.13. The minimum Gasteiger partial charge on any atom is -0.481 e. The number of aliphatic imine (C=N–C) groups is 1. The van der Waals surface area contributed by atoms with Crippen LogP contribution in [0.1, 0.15) is 23.1 Å². The van der Waals surface area contributed by atoms with E-state index in [0.717, 1.165) is 37.5 Å². The number of halogens is 1. The van der Waals surface area contributed by atoms with Crippen LogP contribution in [0, 0.1) is 6.92 Å². The van der Waals surface area contributed by atoms with Crippen LogP contribution in [-0.4, -0.2) is 40.0 Å². The molecule has 3 aromatic rings. The number of rotatable bonds is 5. The van der Waals surface area contributed by atoms with Gasteiger partial charge in [0, 0.05) is 17.6 Å². The van der Waals surface area contributed by atoms with Gasteiger partial charge in [0.25, 0.3) is 0 Å². The Morgan fingerprint density at radius 1 is 1.34 bits per heavy atom. The first-order valence-electron chi connectivity index (χ1n) is 9.91. The minimum absolute atomic E-state index is 0.0750. The van der Waals surface area contributed by atoms with E-state index >= 15 is 0 Å². The number of thiazole rings is 1. The quantitative estimate of drug-likeness (QED) is 0.517. The summed E-state index contributed by atoms with van der Waals surface area (Å²) in [4.78, 5) is 21.2. The smallest absolute Gasteiger partial charge is 0.307 e. The molecule has 162 valence electrons. The van der Waals surface area contributed by atoms with Crippen LogP contribution in [-0.2, 0) is 11.2 Å². The SMILES string of the molecule is C=C1/C(=N\C(=C/C)c2nc3cc(C)c(CC(=O)O)c(-c4ccc(Cl)cc4)c3s2)C=NN1C. The van der Waals surface area contributed by atoms with Gasteiger partial charge in [-0.25, -0.2) is 9.98 Å². The predicted octanol–water partition coefficient (Wildman–Crippen LogP) is 5.80. The number of hydrazone groups is 1. The first kappa shape index (κ1) is 21.9. The van der Waals surface area contributed by atoms with Crippen molar-refractivity contribution in [1.82, 2.24) is 9.99 Å². The maximum absolute atomic E-state index is 11.6. The summed E-state index contributed by atoms with van der Waals surface area (Å²) >= 11 is 7.58. The molecule has 0 saturated heterocycles. The third-order valence-electron chi connectivity index (χ3n) is 5.25. The van der Waals surface area contributed by atoms with E-state index in [0.29, 0.717) is 22.1 Å². The van der Waals surface area contributed by atoms with E-state index in [1.807, 2.05) is 57.3 Å². The second-order valence-electron chi connectivity index (χ2n) is 7.38. The Labute approximate surface area is 194 Å². The van der Waals surface area contributed by atoms with Gasteiger partial charge in [-0.1, -0.05) is 36.4 Å². The van der Waals surface area contributed by atoms with Gasteiger partial charge >= 0.3 is 5.97 Å². The highest BCUT2D eigenvalue weighted by atomic mass is 35.5. The third-order valence-corrected chi connectivity index (χ3v) is 6.61. The molecule has 4 rings (SSSR count). The van der Waals surface area contributed by atoms with E-state index in [4.69, 9.17) is 21.6 Å². The molecule has 2 aromatic carbocycles. The summed E-state index contributed by atoms with van der Waals surface area (Å²) in [6.07, 6.45) is 3.50. The average Bonchev–Trinajstić information content (AvgIpc) is 3.30. The summed E-state index contributed by atoms with van der Waals surface area (Å²) in [5.74, 6) is -0.879. The molecule has 0 radical (unpaired) electrons. The maximum atomic E-state index is 11.6. The topological polar surface area (TPSA) is 78.1 Å². The van der Waals surface area contributed by atoms with Crippen molar-refractivity contribution in [3.05, 3.63) is 69.8 Å². The van der Waals surface area contributed by atoms with Crippen molar-refractivity contribution < 1.29 is 9.90 Å². The van der Waals surface area contributed by atoms with Crippen LogP contribution >= 0.6 is 22.9 Å². The van der Waals surface area contributed by atoms with Gasteiger partial charge in [0.15, 0.2) is 0 Å². The Balaban J connectivity index is 1.92. The van der Waals surface area contributed by atoms with Crippen LogP contribution < -0.4 is 0 Å². The second kappa shape index (κ2) is 8.68. The van der Waals surface area contributed by atoms with Gasteiger partial charge in [-0.3, -0.25) is 9.80 Å². The largest absolute Gasteiger partial charge is 0.481 e. The van der Waals surface area contributed by atoms with Crippen LogP contribution in [0.25, 0.3) is 27.0 Å². The van der Waals surface area contributed by atoms with E-state index in [1.165, 1.54) is 11.3 Å². The number of hydrogen-bond donors (Lipinski definition) is 1. The van der Waals surface area contributed by atoms with Gasteiger partial charge in [-0.05, 0) is 48.7 Å². The number of allylic oxidation sites excluding steroid dienone is 2. The van der Waals surface area contributed by atoms with Gasteiger partial charge in [-0.15, -0.1) is 11.3 Å². The van der Waals surface area contributed by atoms with Crippen LogP contribution in [0.15, 0.2) is 58.8 Å². The molecule has 1 N–H and O–H groups in total. The van der Waals surface area contributed by atoms with E-state index in [2.05, 4.69) is 11.7 Å². The number of benzene rings is 2. The molecule has 2 heterocycles. The molecule has 1 aromatic heterocycles. The lowest BCUT2D eigenvalue weighted by Crippen LogP contribution is -2.09. The first-order valence-corrected chi connectivity index (χ1v) is 11.1. The van der Waals surface area contributed by atoms with Gasteiger partial charge < -0.3 is 5.11 Å². The lowest BCUT2D eigenvalue weighted by atomic mass is 9.93. The molecule has 0 amide bonds. The zero-order valence-electron chi connectivity index (χ0n) is 17.9. The number of aryl methyl sites for hydroxylation is 1. The number of aliphatic carboxylic acids is 1.